The maximum atomic E-state index is 12.0. The molecule has 0 aliphatic heterocycles. The van der Waals surface area contributed by atoms with Crippen molar-refractivity contribution in [3.8, 4) is 0 Å². The van der Waals surface area contributed by atoms with Gasteiger partial charge in [0.05, 0.1) is 5.92 Å². The van der Waals surface area contributed by atoms with Gasteiger partial charge in [-0.1, -0.05) is 41.5 Å². The highest BCUT2D eigenvalue weighted by atomic mass is 28.3. The predicted octanol–water partition coefficient (Wildman–Crippen LogP) is 3.22. The van der Waals surface area contributed by atoms with Crippen LogP contribution in [0.3, 0.4) is 0 Å². The number of ether oxygens (including phenoxy) is 1. The minimum absolute atomic E-state index is 0.0697. The van der Waals surface area contributed by atoms with Crippen LogP contribution in [0.25, 0.3) is 0 Å². The fourth-order valence-corrected chi connectivity index (χ4v) is 1.97. The fourth-order valence-electron chi connectivity index (χ4n) is 1.63. The minimum Gasteiger partial charge on any atom is -0.462 e. The molecule has 0 aromatic rings. The van der Waals surface area contributed by atoms with E-state index >= 15 is 0 Å². The van der Waals surface area contributed by atoms with E-state index in [1.165, 1.54) is 0 Å². The lowest BCUT2D eigenvalue weighted by Crippen LogP contribution is -2.34. The maximum Gasteiger partial charge on any atom is 0.312 e. The Morgan fingerprint density at radius 1 is 1.18 bits per heavy atom. The zero-order valence-corrected chi connectivity index (χ0v) is 13.2. The molecule has 0 amide bonds. The summed E-state index contributed by atoms with van der Waals surface area (Å²) >= 11 is 0. The lowest BCUT2D eigenvalue weighted by molar-refractivity contribution is -0.152. The van der Waals surface area contributed by atoms with Crippen molar-refractivity contribution in [1.82, 2.24) is 0 Å². The van der Waals surface area contributed by atoms with Crippen LogP contribution in [0.5, 0.6) is 0 Å². The van der Waals surface area contributed by atoms with Gasteiger partial charge in [-0.25, -0.2) is 0 Å². The summed E-state index contributed by atoms with van der Waals surface area (Å²) in [6.45, 7) is 14.1. The van der Waals surface area contributed by atoms with Gasteiger partial charge in [0.1, 0.15) is 6.23 Å². The molecule has 0 aliphatic carbocycles. The highest BCUT2D eigenvalue weighted by Crippen LogP contribution is 2.36. The molecule has 0 aliphatic rings. The zero-order valence-electron chi connectivity index (χ0n) is 12.2. The molecule has 1 unspecified atom stereocenters. The maximum absolute atomic E-state index is 12.0. The van der Waals surface area contributed by atoms with Crippen LogP contribution in [0, 0.1) is 16.7 Å². The third-order valence-corrected chi connectivity index (χ3v) is 3.11. The Morgan fingerprint density at radius 2 is 1.65 bits per heavy atom. The molecule has 4 heteroatoms. The first-order chi connectivity index (χ1) is 7.43. The second-order valence-electron chi connectivity index (χ2n) is 6.99. The molecule has 1 atom stereocenters. The summed E-state index contributed by atoms with van der Waals surface area (Å²) in [6, 6.07) is 0. The number of hydrogen-bond acceptors (Lipinski definition) is 3. The third-order valence-electron chi connectivity index (χ3n) is 2.56. The SMILES string of the molecule is C[Si](=O)COC(=O)C(CC(C)(C)C)C(C)(C)C. The molecule has 0 aromatic carbocycles. The van der Waals surface area contributed by atoms with E-state index in [1.54, 1.807) is 6.55 Å². The monoisotopic (exact) mass is 258 g/mol. The van der Waals surface area contributed by atoms with Crippen molar-refractivity contribution < 1.29 is 14.0 Å². The van der Waals surface area contributed by atoms with Crippen LogP contribution in [-0.2, 0) is 14.0 Å². The standard InChI is InChI=1S/C13H26O3Si/c1-12(2,3)8-10(13(4,5)6)11(14)16-9-17(7)15/h10H,8-9H2,1-7H3. The predicted molar refractivity (Wildman–Crippen MR) is 70.3 cm³/mol. The Labute approximate surface area is 107 Å². The third kappa shape index (κ3) is 7.42. The number of hydrogen-bond donors (Lipinski definition) is 0. The summed E-state index contributed by atoms with van der Waals surface area (Å²) in [6.07, 6.45) is 0.847. The van der Waals surface area contributed by atoms with Crippen molar-refractivity contribution in [2.24, 2.45) is 16.7 Å². The molecular formula is C13H26O3Si. The average molecular weight is 258 g/mol. The van der Waals surface area contributed by atoms with E-state index in [4.69, 9.17) is 4.74 Å². The summed E-state index contributed by atoms with van der Waals surface area (Å²) in [5, 5.41) is 0. The molecule has 17 heavy (non-hydrogen) atoms. The van der Waals surface area contributed by atoms with E-state index in [2.05, 4.69) is 20.8 Å². The Morgan fingerprint density at radius 3 is 1.94 bits per heavy atom. The molecule has 100 valence electrons. The quantitative estimate of drug-likeness (QED) is 0.574. The highest BCUT2D eigenvalue weighted by Gasteiger charge is 2.35. The van der Waals surface area contributed by atoms with Crippen LogP contribution >= 0.6 is 0 Å². The molecule has 0 bridgehead atoms. The van der Waals surface area contributed by atoms with E-state index in [9.17, 15) is 9.26 Å². The van der Waals surface area contributed by atoms with Gasteiger partial charge in [0.25, 0.3) is 0 Å². The van der Waals surface area contributed by atoms with E-state index < -0.39 is 8.68 Å². The van der Waals surface area contributed by atoms with Crippen molar-refractivity contribution in [2.45, 2.75) is 54.5 Å². The van der Waals surface area contributed by atoms with E-state index in [0.717, 1.165) is 6.42 Å². The summed E-state index contributed by atoms with van der Waals surface area (Å²) in [5.41, 5.74) is -0.0533. The Balaban J connectivity index is 4.70. The molecule has 0 radical (unpaired) electrons. The van der Waals surface area contributed by atoms with Crippen molar-refractivity contribution in [3.63, 3.8) is 0 Å². The summed E-state index contributed by atoms with van der Waals surface area (Å²) in [5.74, 6) is -0.364. The number of esters is 1. The van der Waals surface area contributed by atoms with Gasteiger partial charge in [0.15, 0.2) is 0 Å². The second-order valence-corrected chi connectivity index (χ2v) is 8.69. The van der Waals surface area contributed by atoms with Gasteiger partial charge in [-0.15, -0.1) is 0 Å². The Bertz CT molecular complexity index is 284. The lowest BCUT2D eigenvalue weighted by atomic mass is 9.72. The first-order valence-corrected chi connectivity index (χ1v) is 8.21. The molecule has 0 aromatic heterocycles. The fraction of sp³-hybridized carbons (Fsp3) is 0.923. The van der Waals surface area contributed by atoms with Gasteiger partial charge in [0, 0.05) is 0 Å². The highest BCUT2D eigenvalue weighted by molar-refractivity contribution is 6.40. The van der Waals surface area contributed by atoms with E-state index in [-0.39, 0.29) is 28.9 Å². The molecule has 0 saturated heterocycles. The number of carbonyl (C=O) groups is 1. The normalized spacial score (nSPS) is 14.3. The second kappa shape index (κ2) is 5.89. The van der Waals surface area contributed by atoms with Gasteiger partial charge < -0.3 is 9.20 Å². The van der Waals surface area contributed by atoms with Crippen LogP contribution in [0.4, 0.5) is 0 Å². The summed E-state index contributed by atoms with van der Waals surface area (Å²) in [7, 11) is -1.74. The zero-order chi connectivity index (χ0) is 13.9. The smallest absolute Gasteiger partial charge is 0.312 e. The van der Waals surface area contributed by atoms with Crippen LogP contribution < -0.4 is 0 Å². The molecular weight excluding hydrogens is 232 g/mol. The molecule has 0 heterocycles. The largest absolute Gasteiger partial charge is 0.462 e. The van der Waals surface area contributed by atoms with Crippen molar-refractivity contribution >= 4 is 14.7 Å². The van der Waals surface area contributed by atoms with Crippen LogP contribution in [0.15, 0.2) is 0 Å². The number of rotatable bonds is 4. The van der Waals surface area contributed by atoms with Gasteiger partial charge in [-0.2, -0.15) is 0 Å². The minimum atomic E-state index is -1.74. The summed E-state index contributed by atoms with van der Waals surface area (Å²) < 4.78 is 16.1. The number of carbonyl (C=O) groups excluding carboxylic acids is 1. The Hall–Kier alpha value is -0.513. The van der Waals surface area contributed by atoms with Gasteiger partial charge in [-0.3, -0.25) is 4.79 Å². The van der Waals surface area contributed by atoms with Gasteiger partial charge in [-0.05, 0) is 23.8 Å². The first-order valence-electron chi connectivity index (χ1n) is 6.09. The van der Waals surface area contributed by atoms with Gasteiger partial charge >= 0.3 is 14.7 Å². The van der Waals surface area contributed by atoms with Crippen LogP contribution in [0.1, 0.15) is 48.0 Å². The van der Waals surface area contributed by atoms with Crippen molar-refractivity contribution in [2.75, 3.05) is 6.23 Å². The summed E-state index contributed by atoms with van der Waals surface area (Å²) in [4.78, 5) is 12.0. The first kappa shape index (κ1) is 16.5. The molecule has 0 spiro atoms. The average Bonchev–Trinajstić information content (AvgIpc) is 2.07. The van der Waals surface area contributed by atoms with E-state index in [0.29, 0.717) is 0 Å². The molecule has 0 rings (SSSR count). The van der Waals surface area contributed by atoms with Crippen molar-refractivity contribution in [3.05, 3.63) is 0 Å². The van der Waals surface area contributed by atoms with E-state index in [1.807, 2.05) is 20.8 Å². The van der Waals surface area contributed by atoms with Crippen LogP contribution in [0.2, 0.25) is 6.55 Å². The molecule has 0 saturated carbocycles. The topological polar surface area (TPSA) is 43.4 Å². The molecule has 0 fully saturated rings. The van der Waals surface area contributed by atoms with Crippen LogP contribution in [-0.4, -0.2) is 20.9 Å². The molecule has 3 nitrogen and oxygen atoms in total. The lowest BCUT2D eigenvalue weighted by Gasteiger charge is -2.33. The molecule has 0 N–H and O–H groups in total. The van der Waals surface area contributed by atoms with Gasteiger partial charge in [0.2, 0.25) is 0 Å². The Kier molecular flexibility index (Phi) is 5.71. The van der Waals surface area contributed by atoms with Crippen molar-refractivity contribution in [1.29, 1.82) is 0 Å².